The van der Waals surface area contributed by atoms with Crippen LogP contribution in [0.25, 0.3) is 0 Å². The third kappa shape index (κ3) is 4.32. The number of rotatable bonds is 4. The molecule has 0 bridgehead atoms. The summed E-state index contributed by atoms with van der Waals surface area (Å²) in [4.78, 5) is 11.4. The number of carbonyl (C=O) groups is 1. The molecule has 5 nitrogen and oxygen atoms in total. The van der Waals surface area contributed by atoms with Crippen LogP contribution in [0.5, 0.6) is 0 Å². The number of aryl methyl sites for hydroxylation is 1. The van der Waals surface area contributed by atoms with Crippen molar-refractivity contribution in [1.82, 2.24) is 0 Å². The van der Waals surface area contributed by atoms with Crippen molar-refractivity contribution in [2.24, 2.45) is 0 Å². The summed E-state index contributed by atoms with van der Waals surface area (Å²) in [7, 11) is -4.16. The van der Waals surface area contributed by atoms with E-state index in [0.717, 1.165) is 11.1 Å². The summed E-state index contributed by atoms with van der Waals surface area (Å²) >= 11 is 0. The topological polar surface area (TPSA) is 69.7 Å². The molecular weight excluding hydrogens is 292 g/mol. The van der Waals surface area contributed by atoms with Gasteiger partial charge in [0, 0.05) is 0 Å². The molecule has 0 fully saturated rings. The molecule has 2 aromatic rings. The van der Waals surface area contributed by atoms with E-state index in [4.69, 9.17) is 4.74 Å². The third-order valence-electron chi connectivity index (χ3n) is 2.69. The van der Waals surface area contributed by atoms with Crippen LogP contribution in [-0.2, 0) is 25.6 Å². The van der Waals surface area contributed by atoms with Crippen molar-refractivity contribution in [1.29, 1.82) is 0 Å². The van der Waals surface area contributed by atoms with Crippen LogP contribution >= 0.6 is 0 Å². The number of hydrogen-bond acceptors (Lipinski definition) is 5. The lowest BCUT2D eigenvalue weighted by Crippen LogP contribution is -2.14. The Bertz CT molecular complexity index is 705. The highest BCUT2D eigenvalue weighted by Crippen LogP contribution is 2.14. The second-order valence-electron chi connectivity index (χ2n) is 4.37. The van der Waals surface area contributed by atoms with E-state index >= 15 is 0 Å². The summed E-state index contributed by atoms with van der Waals surface area (Å²) in [5.74, 6) is 0. The Morgan fingerprint density at radius 2 is 1.62 bits per heavy atom. The maximum Gasteiger partial charge on any atom is 0.524 e. The van der Waals surface area contributed by atoms with Gasteiger partial charge in [0.05, 0.1) is 0 Å². The fraction of sp³-hybridized carbons (Fsp3) is 0.133. The third-order valence-corrected chi connectivity index (χ3v) is 3.89. The molecular formula is C15H14O5S. The largest absolute Gasteiger partial charge is 0.524 e. The van der Waals surface area contributed by atoms with Crippen LogP contribution < -0.4 is 0 Å². The first kappa shape index (κ1) is 15.1. The lowest BCUT2D eigenvalue weighted by atomic mass is 10.2. The first-order valence-electron chi connectivity index (χ1n) is 6.19. The number of hydrogen-bond donors (Lipinski definition) is 0. The molecule has 0 aliphatic carbocycles. The summed E-state index contributed by atoms with van der Waals surface area (Å²) in [5.41, 5.74) is 1.64. The fourth-order valence-corrected chi connectivity index (χ4v) is 2.38. The Kier molecular flexibility index (Phi) is 4.59. The van der Waals surface area contributed by atoms with Crippen molar-refractivity contribution >= 4 is 16.3 Å². The fourth-order valence-electron chi connectivity index (χ4n) is 1.58. The molecule has 0 aliphatic heterocycles. The minimum absolute atomic E-state index is 0.0525. The predicted octanol–water partition coefficient (Wildman–Crippen LogP) is 3.04. The second kappa shape index (κ2) is 6.41. The van der Waals surface area contributed by atoms with Crippen molar-refractivity contribution in [3.8, 4) is 0 Å². The van der Waals surface area contributed by atoms with Crippen molar-refractivity contribution in [2.75, 3.05) is 0 Å². The minimum atomic E-state index is -4.16. The van der Waals surface area contributed by atoms with Gasteiger partial charge in [-0.25, -0.2) is 4.79 Å². The Labute approximate surface area is 123 Å². The van der Waals surface area contributed by atoms with Gasteiger partial charge in [0.1, 0.15) is 11.5 Å². The molecule has 21 heavy (non-hydrogen) atoms. The Morgan fingerprint density at radius 3 is 2.24 bits per heavy atom. The molecule has 0 spiro atoms. The van der Waals surface area contributed by atoms with Crippen molar-refractivity contribution < 1.29 is 22.1 Å². The van der Waals surface area contributed by atoms with Crippen molar-refractivity contribution in [3.05, 3.63) is 65.7 Å². The maximum absolute atomic E-state index is 11.8. The van der Waals surface area contributed by atoms with E-state index in [1.54, 1.807) is 36.4 Å². The molecule has 0 aromatic heterocycles. The number of ether oxygens (including phenoxy) is 1. The van der Waals surface area contributed by atoms with Gasteiger partial charge in [-0.2, -0.15) is 8.42 Å². The Balaban J connectivity index is 1.97. The van der Waals surface area contributed by atoms with Crippen LogP contribution in [0.3, 0.4) is 0 Å². The quantitative estimate of drug-likeness (QED) is 0.641. The van der Waals surface area contributed by atoms with Crippen LogP contribution in [0, 0.1) is 6.92 Å². The highest BCUT2D eigenvalue weighted by Gasteiger charge is 2.21. The molecule has 2 rings (SSSR count). The van der Waals surface area contributed by atoms with E-state index in [9.17, 15) is 13.2 Å². The standard InChI is InChI=1S/C15H14O5S/c1-12-7-9-14(10-8-12)21(17,18)20-15(16)19-11-13-5-3-2-4-6-13/h2-10H,11H2,1H3. The number of benzene rings is 2. The lowest BCUT2D eigenvalue weighted by molar-refractivity contribution is 0.0951. The predicted molar refractivity (Wildman–Crippen MR) is 76.1 cm³/mol. The average molecular weight is 306 g/mol. The van der Waals surface area contributed by atoms with Gasteiger partial charge in [-0.1, -0.05) is 48.0 Å². The van der Waals surface area contributed by atoms with E-state index in [2.05, 4.69) is 4.18 Å². The first-order chi connectivity index (χ1) is 9.97. The molecule has 6 heteroatoms. The van der Waals surface area contributed by atoms with Gasteiger partial charge in [-0.15, -0.1) is 0 Å². The van der Waals surface area contributed by atoms with Crippen molar-refractivity contribution in [2.45, 2.75) is 18.4 Å². The second-order valence-corrected chi connectivity index (χ2v) is 5.92. The van der Waals surface area contributed by atoms with Crippen LogP contribution in [0.15, 0.2) is 59.5 Å². The molecule has 0 aliphatic rings. The van der Waals surface area contributed by atoms with Gasteiger partial charge >= 0.3 is 16.3 Å². The molecule has 0 radical (unpaired) electrons. The summed E-state index contributed by atoms with van der Waals surface area (Å²) in [6, 6.07) is 14.9. The first-order valence-corrected chi connectivity index (χ1v) is 7.60. The van der Waals surface area contributed by atoms with Gasteiger partial charge in [-0.3, -0.25) is 0 Å². The van der Waals surface area contributed by atoms with E-state index in [1.807, 2.05) is 13.0 Å². The monoisotopic (exact) mass is 306 g/mol. The smallest absolute Gasteiger partial charge is 0.429 e. The van der Waals surface area contributed by atoms with Crippen LogP contribution in [-0.4, -0.2) is 14.6 Å². The SMILES string of the molecule is Cc1ccc(S(=O)(=O)OC(=O)OCc2ccccc2)cc1. The van der Waals surface area contributed by atoms with Gasteiger partial charge in [-0.05, 0) is 24.6 Å². The molecule has 0 amide bonds. The summed E-state index contributed by atoms with van der Waals surface area (Å²) < 4.78 is 32.8. The molecule has 2 aromatic carbocycles. The van der Waals surface area contributed by atoms with Crippen LogP contribution in [0.4, 0.5) is 4.79 Å². The Morgan fingerprint density at radius 1 is 1.00 bits per heavy atom. The molecule has 0 saturated carbocycles. The molecule has 0 unspecified atom stereocenters. The normalized spacial score (nSPS) is 10.9. The zero-order valence-corrected chi connectivity index (χ0v) is 12.2. The van der Waals surface area contributed by atoms with Gasteiger partial charge < -0.3 is 8.92 Å². The molecule has 0 saturated heterocycles. The van der Waals surface area contributed by atoms with Crippen molar-refractivity contribution in [3.63, 3.8) is 0 Å². The summed E-state index contributed by atoms with van der Waals surface area (Å²) in [5, 5.41) is 0. The van der Waals surface area contributed by atoms with E-state index < -0.39 is 16.3 Å². The van der Waals surface area contributed by atoms with Gasteiger partial charge in [0.2, 0.25) is 0 Å². The highest BCUT2D eigenvalue weighted by atomic mass is 32.2. The van der Waals surface area contributed by atoms with E-state index in [1.165, 1.54) is 12.1 Å². The van der Waals surface area contributed by atoms with Crippen LogP contribution in [0.1, 0.15) is 11.1 Å². The zero-order valence-electron chi connectivity index (χ0n) is 11.4. The minimum Gasteiger partial charge on any atom is -0.429 e. The van der Waals surface area contributed by atoms with Crippen LogP contribution in [0.2, 0.25) is 0 Å². The number of carbonyl (C=O) groups excluding carboxylic acids is 1. The average Bonchev–Trinajstić information content (AvgIpc) is 2.46. The highest BCUT2D eigenvalue weighted by molar-refractivity contribution is 7.87. The van der Waals surface area contributed by atoms with E-state index in [-0.39, 0.29) is 11.5 Å². The molecule has 0 heterocycles. The summed E-state index contributed by atoms with van der Waals surface area (Å²) in [6.07, 6.45) is -1.25. The zero-order chi connectivity index (χ0) is 15.3. The molecule has 0 atom stereocenters. The Hall–Kier alpha value is -2.34. The van der Waals surface area contributed by atoms with Gasteiger partial charge in [0.25, 0.3) is 0 Å². The lowest BCUT2D eigenvalue weighted by Gasteiger charge is -2.07. The maximum atomic E-state index is 11.8. The molecule has 110 valence electrons. The van der Waals surface area contributed by atoms with Gasteiger partial charge in [0.15, 0.2) is 0 Å². The summed E-state index contributed by atoms with van der Waals surface area (Å²) in [6.45, 7) is 1.77. The molecule has 0 N–H and O–H groups in total. The van der Waals surface area contributed by atoms with E-state index in [0.29, 0.717) is 0 Å².